The summed E-state index contributed by atoms with van der Waals surface area (Å²) in [5.74, 6) is 0.122. The van der Waals surface area contributed by atoms with E-state index in [-0.39, 0.29) is 51.9 Å². The number of methoxy groups -OCH3 is 4. The highest BCUT2D eigenvalue weighted by Gasteiger charge is 2.35. The Hall–Kier alpha value is -3.87. The Morgan fingerprint density at radius 1 is 0.830 bits per heavy atom. The molecule has 0 saturated heterocycles. The molecular formula is C33H41Cl2N3O8S. The molecule has 1 N–H and O–H groups in total. The third kappa shape index (κ3) is 9.15. The highest BCUT2D eigenvalue weighted by Crippen LogP contribution is 2.38. The average molecular weight is 711 g/mol. The summed E-state index contributed by atoms with van der Waals surface area (Å²) < 4.78 is 51.5. The van der Waals surface area contributed by atoms with Crippen molar-refractivity contribution in [2.24, 2.45) is 5.92 Å². The minimum Gasteiger partial charge on any atom is -0.497 e. The Morgan fingerprint density at radius 3 is 2.06 bits per heavy atom. The minimum atomic E-state index is -4.48. The lowest BCUT2D eigenvalue weighted by Gasteiger charge is -2.33. The number of carbonyl (C=O) groups excluding carboxylic acids is 2. The van der Waals surface area contributed by atoms with Gasteiger partial charge in [0.2, 0.25) is 11.8 Å². The zero-order valence-electron chi connectivity index (χ0n) is 27.5. The number of anilines is 1. The number of hydrogen-bond acceptors (Lipinski definition) is 8. The maximum atomic E-state index is 14.5. The molecule has 11 nitrogen and oxygen atoms in total. The molecular weight excluding hydrogens is 669 g/mol. The molecule has 0 aromatic heterocycles. The zero-order chi connectivity index (χ0) is 34.9. The van der Waals surface area contributed by atoms with Crippen molar-refractivity contribution >= 4 is 50.7 Å². The number of ether oxygens (including phenoxy) is 4. The van der Waals surface area contributed by atoms with Crippen molar-refractivity contribution in [3.05, 3.63) is 70.2 Å². The summed E-state index contributed by atoms with van der Waals surface area (Å²) >= 11 is 12.4. The zero-order valence-corrected chi connectivity index (χ0v) is 29.8. The number of amides is 2. The normalized spacial score (nSPS) is 11.9. The molecule has 0 unspecified atom stereocenters. The summed E-state index contributed by atoms with van der Waals surface area (Å²) in [7, 11) is 1.16. The van der Waals surface area contributed by atoms with Gasteiger partial charge in [-0.15, -0.1) is 0 Å². The predicted molar refractivity (Wildman–Crippen MR) is 183 cm³/mol. The minimum absolute atomic E-state index is 0.0433. The second kappa shape index (κ2) is 16.8. The summed E-state index contributed by atoms with van der Waals surface area (Å²) in [5, 5.41) is 3.50. The van der Waals surface area contributed by atoms with E-state index < -0.39 is 28.5 Å². The van der Waals surface area contributed by atoms with Crippen LogP contribution < -0.4 is 28.6 Å². The van der Waals surface area contributed by atoms with Gasteiger partial charge in [-0.05, 0) is 54.3 Å². The Balaban J connectivity index is 2.20. The van der Waals surface area contributed by atoms with Crippen LogP contribution in [0.4, 0.5) is 5.69 Å². The van der Waals surface area contributed by atoms with Crippen molar-refractivity contribution in [3.8, 4) is 23.0 Å². The van der Waals surface area contributed by atoms with Crippen LogP contribution in [-0.4, -0.2) is 72.7 Å². The molecule has 0 aliphatic carbocycles. The quantitative estimate of drug-likeness (QED) is 0.198. The first kappa shape index (κ1) is 37.6. The second-order valence-electron chi connectivity index (χ2n) is 10.9. The Bertz CT molecular complexity index is 1670. The van der Waals surface area contributed by atoms with Gasteiger partial charge in [-0.3, -0.25) is 13.9 Å². The third-order valence-corrected chi connectivity index (χ3v) is 9.78. The Labute approximate surface area is 286 Å². The van der Waals surface area contributed by atoms with E-state index in [1.807, 2.05) is 13.8 Å². The molecule has 14 heteroatoms. The maximum Gasteiger partial charge on any atom is 0.265 e. The molecule has 3 aromatic carbocycles. The van der Waals surface area contributed by atoms with E-state index >= 15 is 0 Å². The van der Waals surface area contributed by atoms with Crippen LogP contribution in [0.2, 0.25) is 10.0 Å². The number of hydrogen-bond donors (Lipinski definition) is 1. The number of carbonyl (C=O) groups is 2. The monoisotopic (exact) mass is 709 g/mol. The molecule has 0 heterocycles. The van der Waals surface area contributed by atoms with Crippen LogP contribution in [0.25, 0.3) is 0 Å². The molecule has 0 aliphatic rings. The first-order chi connectivity index (χ1) is 22.3. The standard InChI is InChI=1S/C33H41Cl2N3O8S/c1-8-27(33(40)36-18-21(2)3)37(19-22-9-12-25(34)26(35)15-22)32(39)20-38(28-16-23(43-4)10-13-29(28)44-5)47(41,42)24-11-14-30(45-6)31(17-24)46-7/h9-17,21,27H,8,18-20H2,1-7H3,(H,36,40)/t27-/m0/s1. The van der Waals surface area contributed by atoms with E-state index in [0.29, 0.717) is 28.6 Å². The van der Waals surface area contributed by atoms with Gasteiger partial charge in [0.15, 0.2) is 11.5 Å². The van der Waals surface area contributed by atoms with Gasteiger partial charge in [0.25, 0.3) is 10.0 Å². The number of nitrogens with one attached hydrogen (secondary N) is 1. The fraction of sp³-hybridized carbons (Fsp3) is 0.394. The Kier molecular flexibility index (Phi) is 13.4. The van der Waals surface area contributed by atoms with Crippen molar-refractivity contribution in [2.75, 3.05) is 45.8 Å². The van der Waals surface area contributed by atoms with Gasteiger partial charge in [0, 0.05) is 25.2 Å². The van der Waals surface area contributed by atoms with E-state index in [1.54, 1.807) is 31.2 Å². The van der Waals surface area contributed by atoms with Crippen molar-refractivity contribution < 1.29 is 37.0 Å². The molecule has 0 spiro atoms. The fourth-order valence-corrected chi connectivity index (χ4v) is 6.54. The van der Waals surface area contributed by atoms with Crippen LogP contribution in [0.1, 0.15) is 32.8 Å². The van der Waals surface area contributed by atoms with Crippen LogP contribution >= 0.6 is 23.2 Å². The molecule has 1 atom stereocenters. The van der Waals surface area contributed by atoms with Gasteiger partial charge in [-0.2, -0.15) is 0 Å². The number of nitrogens with zero attached hydrogens (tertiary/aromatic N) is 2. The number of sulfonamides is 1. The molecule has 0 saturated carbocycles. The summed E-state index contributed by atoms with van der Waals surface area (Å²) in [6.07, 6.45) is 0.252. The first-order valence-electron chi connectivity index (χ1n) is 14.8. The van der Waals surface area contributed by atoms with Gasteiger partial charge in [0.1, 0.15) is 24.1 Å². The summed E-state index contributed by atoms with van der Waals surface area (Å²) in [4.78, 5) is 29.1. The van der Waals surface area contributed by atoms with Crippen LogP contribution in [0.3, 0.4) is 0 Å². The number of rotatable bonds is 16. The van der Waals surface area contributed by atoms with Crippen LogP contribution in [0.15, 0.2) is 59.5 Å². The smallest absolute Gasteiger partial charge is 0.265 e. The highest BCUT2D eigenvalue weighted by atomic mass is 35.5. The third-order valence-electron chi connectivity index (χ3n) is 7.28. The molecule has 0 aliphatic heterocycles. The van der Waals surface area contributed by atoms with Gasteiger partial charge in [0.05, 0.1) is 49.1 Å². The lowest BCUT2D eigenvalue weighted by molar-refractivity contribution is -0.140. The van der Waals surface area contributed by atoms with E-state index in [2.05, 4.69) is 5.32 Å². The first-order valence-corrected chi connectivity index (χ1v) is 17.0. The van der Waals surface area contributed by atoms with E-state index in [4.69, 9.17) is 42.1 Å². The maximum absolute atomic E-state index is 14.5. The van der Waals surface area contributed by atoms with Crippen molar-refractivity contribution in [3.63, 3.8) is 0 Å². The van der Waals surface area contributed by atoms with Crippen LogP contribution in [0.5, 0.6) is 23.0 Å². The van der Waals surface area contributed by atoms with E-state index in [1.165, 1.54) is 63.7 Å². The average Bonchev–Trinajstić information content (AvgIpc) is 3.06. The largest absolute Gasteiger partial charge is 0.497 e. The van der Waals surface area contributed by atoms with Crippen molar-refractivity contribution in [1.29, 1.82) is 0 Å². The molecule has 2 amide bonds. The molecule has 3 aromatic rings. The summed E-state index contributed by atoms with van der Waals surface area (Å²) in [5.41, 5.74) is 0.637. The Morgan fingerprint density at radius 2 is 1.49 bits per heavy atom. The second-order valence-corrected chi connectivity index (χ2v) is 13.6. The molecule has 3 rings (SSSR count). The number of halogens is 2. The lowest BCUT2D eigenvalue weighted by atomic mass is 10.1. The lowest BCUT2D eigenvalue weighted by Crippen LogP contribution is -2.52. The molecule has 0 radical (unpaired) electrons. The topological polar surface area (TPSA) is 124 Å². The fourth-order valence-electron chi connectivity index (χ4n) is 4.79. The summed E-state index contributed by atoms with van der Waals surface area (Å²) in [6, 6.07) is 12.7. The van der Waals surface area contributed by atoms with Gasteiger partial charge in [-0.1, -0.05) is 50.0 Å². The SMILES string of the molecule is CC[C@@H](C(=O)NCC(C)C)N(Cc1ccc(Cl)c(Cl)c1)C(=O)CN(c1cc(OC)ccc1OC)S(=O)(=O)c1ccc(OC)c(OC)c1. The molecule has 0 bridgehead atoms. The summed E-state index contributed by atoms with van der Waals surface area (Å²) in [6.45, 7) is 5.33. The van der Waals surface area contributed by atoms with Gasteiger partial charge in [-0.25, -0.2) is 8.42 Å². The predicted octanol–water partition coefficient (Wildman–Crippen LogP) is 5.80. The molecule has 47 heavy (non-hydrogen) atoms. The molecule has 256 valence electrons. The van der Waals surface area contributed by atoms with Gasteiger partial charge < -0.3 is 29.2 Å². The van der Waals surface area contributed by atoms with E-state index in [0.717, 1.165) is 4.31 Å². The van der Waals surface area contributed by atoms with Gasteiger partial charge >= 0.3 is 0 Å². The highest BCUT2D eigenvalue weighted by molar-refractivity contribution is 7.92. The van der Waals surface area contributed by atoms with Crippen molar-refractivity contribution in [2.45, 2.75) is 44.7 Å². The number of benzene rings is 3. The molecule has 0 fully saturated rings. The van der Waals surface area contributed by atoms with E-state index in [9.17, 15) is 18.0 Å². The van der Waals surface area contributed by atoms with Crippen LogP contribution in [-0.2, 0) is 26.2 Å². The van der Waals surface area contributed by atoms with Crippen molar-refractivity contribution in [1.82, 2.24) is 10.2 Å². The van der Waals surface area contributed by atoms with Crippen LogP contribution in [0, 0.1) is 5.92 Å².